The van der Waals surface area contributed by atoms with Gasteiger partial charge in [0.05, 0.1) is 12.0 Å². The Labute approximate surface area is 155 Å². The van der Waals surface area contributed by atoms with Gasteiger partial charge in [-0.15, -0.1) is 13.2 Å². The van der Waals surface area contributed by atoms with Crippen molar-refractivity contribution in [3.05, 3.63) is 54.1 Å². The smallest absolute Gasteiger partial charge is 0.497 e. The zero-order chi connectivity index (χ0) is 19.7. The summed E-state index contributed by atoms with van der Waals surface area (Å²) in [5.41, 5.74) is 0.805. The molecule has 0 aliphatic heterocycles. The average Bonchev–Trinajstić information content (AvgIpc) is 3.44. The first-order chi connectivity index (χ1) is 12.7. The van der Waals surface area contributed by atoms with Crippen molar-refractivity contribution in [2.45, 2.75) is 30.1 Å². The SMILES string of the molecule is COc1ccc(C(NS(=O)(=O)c2ccc(OC(F)(F)F)cc2)C2CC2)cc1. The Morgan fingerprint density at radius 1 is 1.00 bits per heavy atom. The van der Waals surface area contributed by atoms with Crippen LogP contribution in [-0.4, -0.2) is 21.9 Å². The zero-order valence-corrected chi connectivity index (χ0v) is 15.2. The molecule has 146 valence electrons. The van der Waals surface area contributed by atoms with Crippen molar-refractivity contribution in [3.8, 4) is 11.5 Å². The van der Waals surface area contributed by atoms with Crippen LogP contribution in [0.25, 0.3) is 0 Å². The van der Waals surface area contributed by atoms with E-state index in [2.05, 4.69) is 9.46 Å². The molecule has 0 spiro atoms. The maximum absolute atomic E-state index is 12.7. The van der Waals surface area contributed by atoms with Crippen molar-refractivity contribution >= 4 is 10.0 Å². The van der Waals surface area contributed by atoms with Gasteiger partial charge in [-0.1, -0.05) is 12.1 Å². The summed E-state index contributed by atoms with van der Waals surface area (Å²) < 4.78 is 73.5. The molecular weight excluding hydrogens is 383 g/mol. The van der Waals surface area contributed by atoms with E-state index in [4.69, 9.17) is 4.74 Å². The molecule has 1 aliphatic carbocycles. The molecule has 2 aromatic rings. The minimum atomic E-state index is -4.83. The molecule has 5 nitrogen and oxygen atoms in total. The number of hydrogen-bond donors (Lipinski definition) is 1. The fraction of sp³-hybridized carbons (Fsp3) is 0.333. The minimum Gasteiger partial charge on any atom is -0.497 e. The Morgan fingerprint density at radius 3 is 2.04 bits per heavy atom. The van der Waals surface area contributed by atoms with Crippen LogP contribution in [0.15, 0.2) is 53.4 Å². The number of alkyl halides is 3. The molecule has 0 aromatic heterocycles. The highest BCUT2D eigenvalue weighted by molar-refractivity contribution is 7.89. The van der Waals surface area contributed by atoms with E-state index in [1.165, 1.54) is 0 Å². The summed E-state index contributed by atoms with van der Waals surface area (Å²) in [6, 6.07) is 10.8. The fourth-order valence-corrected chi connectivity index (χ4v) is 4.03. The second-order valence-corrected chi connectivity index (χ2v) is 7.94. The van der Waals surface area contributed by atoms with Gasteiger partial charge in [0.25, 0.3) is 0 Å². The first-order valence-electron chi connectivity index (χ1n) is 8.20. The van der Waals surface area contributed by atoms with Gasteiger partial charge >= 0.3 is 6.36 Å². The number of nitrogens with one attached hydrogen (secondary N) is 1. The van der Waals surface area contributed by atoms with E-state index in [-0.39, 0.29) is 10.8 Å². The quantitative estimate of drug-likeness (QED) is 0.761. The van der Waals surface area contributed by atoms with Gasteiger partial charge in [0.2, 0.25) is 10.0 Å². The van der Waals surface area contributed by atoms with E-state index in [9.17, 15) is 21.6 Å². The minimum absolute atomic E-state index is 0.129. The normalized spacial score (nSPS) is 16.0. The van der Waals surface area contributed by atoms with Crippen molar-refractivity contribution in [3.63, 3.8) is 0 Å². The molecule has 0 radical (unpaired) electrons. The molecule has 27 heavy (non-hydrogen) atoms. The van der Waals surface area contributed by atoms with Crippen LogP contribution in [0.3, 0.4) is 0 Å². The van der Waals surface area contributed by atoms with Gasteiger partial charge in [-0.25, -0.2) is 13.1 Å². The van der Waals surface area contributed by atoms with E-state index < -0.39 is 28.2 Å². The van der Waals surface area contributed by atoms with Crippen LogP contribution >= 0.6 is 0 Å². The third-order valence-corrected chi connectivity index (χ3v) is 5.68. The Bertz CT molecular complexity index is 876. The van der Waals surface area contributed by atoms with E-state index in [1.54, 1.807) is 31.4 Å². The van der Waals surface area contributed by atoms with Crippen molar-refractivity contribution < 1.29 is 31.1 Å². The second-order valence-electron chi connectivity index (χ2n) is 6.23. The average molecular weight is 401 g/mol. The van der Waals surface area contributed by atoms with Crippen LogP contribution in [0, 0.1) is 5.92 Å². The molecule has 9 heteroatoms. The first-order valence-corrected chi connectivity index (χ1v) is 9.68. The lowest BCUT2D eigenvalue weighted by Crippen LogP contribution is -2.30. The lowest BCUT2D eigenvalue weighted by molar-refractivity contribution is -0.274. The van der Waals surface area contributed by atoms with Gasteiger partial charge in [0.1, 0.15) is 11.5 Å². The van der Waals surface area contributed by atoms with Crippen LogP contribution in [0.1, 0.15) is 24.4 Å². The molecular formula is C18H18F3NO4S. The van der Waals surface area contributed by atoms with Crippen molar-refractivity contribution in [2.24, 2.45) is 5.92 Å². The van der Waals surface area contributed by atoms with Crippen LogP contribution in [0.4, 0.5) is 13.2 Å². The van der Waals surface area contributed by atoms with Crippen molar-refractivity contribution in [1.29, 1.82) is 0 Å². The molecule has 0 bridgehead atoms. The standard InChI is InChI=1S/C18H18F3NO4S/c1-25-14-6-4-13(5-7-14)17(12-2-3-12)22-27(23,24)16-10-8-15(9-11-16)26-18(19,20)21/h4-12,17,22H,2-3H2,1H3. The van der Waals surface area contributed by atoms with Gasteiger partial charge < -0.3 is 9.47 Å². The van der Waals surface area contributed by atoms with Crippen LogP contribution in [0.2, 0.25) is 0 Å². The molecule has 1 N–H and O–H groups in total. The summed E-state index contributed by atoms with van der Waals surface area (Å²) in [7, 11) is -2.36. The maximum atomic E-state index is 12.7. The summed E-state index contributed by atoms with van der Waals surface area (Å²) in [5, 5.41) is 0. The van der Waals surface area contributed by atoms with E-state index in [1.807, 2.05) is 0 Å². The topological polar surface area (TPSA) is 64.6 Å². The molecule has 1 saturated carbocycles. The Morgan fingerprint density at radius 2 is 1.56 bits per heavy atom. The number of methoxy groups -OCH3 is 1. The molecule has 0 saturated heterocycles. The lowest BCUT2D eigenvalue weighted by Gasteiger charge is -2.19. The zero-order valence-electron chi connectivity index (χ0n) is 14.4. The van der Waals surface area contributed by atoms with Gasteiger partial charge in [-0.2, -0.15) is 0 Å². The van der Waals surface area contributed by atoms with Crippen molar-refractivity contribution in [1.82, 2.24) is 4.72 Å². The maximum Gasteiger partial charge on any atom is 0.573 e. The highest BCUT2D eigenvalue weighted by atomic mass is 32.2. The molecule has 3 rings (SSSR count). The highest BCUT2D eigenvalue weighted by Crippen LogP contribution is 2.42. The lowest BCUT2D eigenvalue weighted by atomic mass is 10.0. The van der Waals surface area contributed by atoms with Gasteiger partial charge in [0, 0.05) is 6.04 Å². The predicted molar refractivity (Wildman–Crippen MR) is 91.9 cm³/mol. The Hall–Kier alpha value is -2.26. The largest absolute Gasteiger partial charge is 0.573 e. The molecule has 1 fully saturated rings. The van der Waals surface area contributed by atoms with Crippen LogP contribution in [0.5, 0.6) is 11.5 Å². The van der Waals surface area contributed by atoms with Crippen LogP contribution < -0.4 is 14.2 Å². The van der Waals surface area contributed by atoms with Gasteiger partial charge in [0.15, 0.2) is 0 Å². The van der Waals surface area contributed by atoms with Crippen molar-refractivity contribution in [2.75, 3.05) is 7.11 Å². The number of benzene rings is 2. The number of hydrogen-bond acceptors (Lipinski definition) is 4. The van der Waals surface area contributed by atoms with Crippen LogP contribution in [-0.2, 0) is 10.0 Å². The number of sulfonamides is 1. The molecule has 0 heterocycles. The first kappa shape index (κ1) is 19.5. The summed E-state index contributed by atoms with van der Waals surface area (Å²) in [5.74, 6) is 0.368. The molecule has 0 amide bonds. The van der Waals surface area contributed by atoms with Gasteiger partial charge in [-0.05, 0) is 60.7 Å². The number of rotatable bonds is 7. The van der Waals surface area contributed by atoms with Gasteiger partial charge in [-0.3, -0.25) is 0 Å². The summed E-state index contributed by atoms with van der Waals surface area (Å²) in [6.07, 6.45) is -3.03. The second kappa shape index (κ2) is 7.40. The third-order valence-electron chi connectivity index (χ3n) is 4.22. The third kappa shape index (κ3) is 5.14. The Balaban J connectivity index is 1.78. The predicted octanol–water partition coefficient (Wildman–Crippen LogP) is 4.02. The number of ether oxygens (including phenoxy) is 2. The fourth-order valence-electron chi connectivity index (χ4n) is 2.73. The monoisotopic (exact) mass is 401 g/mol. The molecule has 1 aliphatic rings. The summed E-state index contributed by atoms with van der Waals surface area (Å²) in [4.78, 5) is -0.129. The summed E-state index contributed by atoms with van der Waals surface area (Å²) in [6.45, 7) is 0. The van der Waals surface area contributed by atoms with E-state index in [0.717, 1.165) is 42.7 Å². The van der Waals surface area contributed by atoms with E-state index in [0.29, 0.717) is 5.75 Å². The number of halogens is 3. The molecule has 2 aromatic carbocycles. The summed E-state index contributed by atoms with van der Waals surface area (Å²) >= 11 is 0. The molecule has 1 atom stereocenters. The Kier molecular flexibility index (Phi) is 5.34. The highest BCUT2D eigenvalue weighted by Gasteiger charge is 2.36. The van der Waals surface area contributed by atoms with E-state index >= 15 is 0 Å². The molecule has 1 unspecified atom stereocenters.